The van der Waals surface area contributed by atoms with Gasteiger partial charge in [-0.25, -0.2) is 4.39 Å². The number of hydrogen-bond donors (Lipinski definition) is 0. The Morgan fingerprint density at radius 2 is 1.85 bits per heavy atom. The molecule has 4 nitrogen and oxygen atoms in total. The minimum atomic E-state index is -0.362. The minimum Gasteiger partial charge on any atom is -0.489 e. The van der Waals surface area contributed by atoms with Crippen LogP contribution in [0.1, 0.15) is 42.0 Å². The Bertz CT molecular complexity index is 1100. The first-order valence-corrected chi connectivity index (χ1v) is 12.1. The lowest BCUT2D eigenvalue weighted by molar-refractivity contribution is -0.143. The SMILES string of the molecule is CCOC(=O)CCc1ccc(OCc2ccc3c(c2)N(CCc2ccccc2)CCC3)cc1F. The van der Waals surface area contributed by atoms with Crippen molar-refractivity contribution in [1.82, 2.24) is 0 Å². The van der Waals surface area contributed by atoms with E-state index in [2.05, 4.69) is 53.4 Å². The van der Waals surface area contributed by atoms with Crippen LogP contribution in [0.25, 0.3) is 0 Å². The van der Waals surface area contributed by atoms with Gasteiger partial charge in [0.2, 0.25) is 0 Å². The van der Waals surface area contributed by atoms with Crippen LogP contribution in [0.2, 0.25) is 0 Å². The van der Waals surface area contributed by atoms with Crippen LogP contribution in [-0.2, 0) is 35.4 Å². The number of carbonyl (C=O) groups is 1. The topological polar surface area (TPSA) is 38.8 Å². The lowest BCUT2D eigenvalue weighted by Gasteiger charge is -2.32. The van der Waals surface area contributed by atoms with Gasteiger partial charge in [0, 0.05) is 31.3 Å². The summed E-state index contributed by atoms with van der Waals surface area (Å²) in [5, 5.41) is 0. The molecule has 1 aliphatic rings. The summed E-state index contributed by atoms with van der Waals surface area (Å²) in [6.45, 7) is 4.51. The molecule has 0 saturated carbocycles. The first-order chi connectivity index (χ1) is 16.6. The summed E-state index contributed by atoms with van der Waals surface area (Å²) in [5.41, 5.74) is 5.56. The first kappa shape index (κ1) is 23.8. The number of rotatable bonds is 10. The maximum Gasteiger partial charge on any atom is 0.306 e. The predicted octanol–water partition coefficient (Wildman–Crippen LogP) is 5.90. The van der Waals surface area contributed by atoms with E-state index in [1.54, 1.807) is 19.1 Å². The number of fused-ring (bicyclic) bond motifs is 1. The van der Waals surface area contributed by atoms with Crippen molar-refractivity contribution in [2.45, 2.75) is 45.6 Å². The van der Waals surface area contributed by atoms with Crippen molar-refractivity contribution in [2.75, 3.05) is 24.6 Å². The predicted molar refractivity (Wildman–Crippen MR) is 133 cm³/mol. The van der Waals surface area contributed by atoms with Crippen molar-refractivity contribution in [3.63, 3.8) is 0 Å². The van der Waals surface area contributed by atoms with Crippen LogP contribution >= 0.6 is 0 Å². The van der Waals surface area contributed by atoms with Gasteiger partial charge in [0.05, 0.1) is 6.61 Å². The molecule has 0 atom stereocenters. The van der Waals surface area contributed by atoms with Crippen molar-refractivity contribution in [1.29, 1.82) is 0 Å². The number of esters is 1. The van der Waals surface area contributed by atoms with E-state index in [0.29, 0.717) is 30.9 Å². The normalized spacial score (nSPS) is 12.8. The highest BCUT2D eigenvalue weighted by Gasteiger charge is 2.17. The van der Waals surface area contributed by atoms with Gasteiger partial charge in [-0.2, -0.15) is 0 Å². The van der Waals surface area contributed by atoms with E-state index in [4.69, 9.17) is 9.47 Å². The highest BCUT2D eigenvalue weighted by Crippen LogP contribution is 2.29. The van der Waals surface area contributed by atoms with E-state index >= 15 is 0 Å². The molecule has 178 valence electrons. The van der Waals surface area contributed by atoms with Gasteiger partial charge in [0.1, 0.15) is 18.2 Å². The molecule has 0 aliphatic carbocycles. The van der Waals surface area contributed by atoms with Crippen LogP contribution in [0.5, 0.6) is 5.75 Å². The second kappa shape index (κ2) is 11.7. The summed E-state index contributed by atoms with van der Waals surface area (Å²) < 4.78 is 25.3. The molecule has 4 rings (SSSR count). The molecule has 0 unspecified atom stereocenters. The fraction of sp³-hybridized carbons (Fsp3) is 0.345. The van der Waals surface area contributed by atoms with Gasteiger partial charge in [-0.1, -0.05) is 48.5 Å². The van der Waals surface area contributed by atoms with E-state index in [0.717, 1.165) is 31.5 Å². The fourth-order valence-corrected chi connectivity index (χ4v) is 4.38. The number of hydrogen-bond acceptors (Lipinski definition) is 4. The van der Waals surface area contributed by atoms with E-state index in [1.165, 1.54) is 29.3 Å². The summed E-state index contributed by atoms with van der Waals surface area (Å²) in [5.74, 6) is -0.192. The Morgan fingerprint density at radius 1 is 1.00 bits per heavy atom. The third-order valence-electron chi connectivity index (χ3n) is 6.21. The van der Waals surface area contributed by atoms with E-state index in [9.17, 15) is 9.18 Å². The van der Waals surface area contributed by atoms with Gasteiger partial charge in [-0.3, -0.25) is 4.79 Å². The maximum atomic E-state index is 14.5. The molecule has 0 amide bonds. The van der Waals surface area contributed by atoms with Crippen molar-refractivity contribution in [3.05, 3.63) is 94.8 Å². The van der Waals surface area contributed by atoms with Crippen LogP contribution in [-0.4, -0.2) is 25.7 Å². The highest BCUT2D eigenvalue weighted by molar-refractivity contribution is 5.69. The largest absolute Gasteiger partial charge is 0.489 e. The van der Waals surface area contributed by atoms with E-state index in [-0.39, 0.29) is 18.2 Å². The zero-order chi connectivity index (χ0) is 23.8. The Labute approximate surface area is 201 Å². The number of benzene rings is 3. The third kappa shape index (κ3) is 6.37. The quantitative estimate of drug-likeness (QED) is 0.353. The zero-order valence-corrected chi connectivity index (χ0v) is 19.8. The van der Waals surface area contributed by atoms with Crippen molar-refractivity contribution < 1.29 is 18.7 Å². The summed E-state index contributed by atoms with van der Waals surface area (Å²) >= 11 is 0. The molecule has 5 heteroatoms. The molecule has 0 radical (unpaired) electrons. The van der Waals surface area contributed by atoms with Gasteiger partial charge in [0.25, 0.3) is 0 Å². The number of ether oxygens (including phenoxy) is 2. The number of carbonyl (C=O) groups excluding carboxylic acids is 1. The van der Waals surface area contributed by atoms with Crippen LogP contribution < -0.4 is 9.64 Å². The third-order valence-corrected chi connectivity index (χ3v) is 6.21. The van der Waals surface area contributed by atoms with Gasteiger partial charge in [-0.05, 0) is 67.0 Å². The molecule has 0 N–H and O–H groups in total. The Morgan fingerprint density at radius 3 is 2.65 bits per heavy atom. The van der Waals surface area contributed by atoms with Crippen LogP contribution in [0.15, 0.2) is 66.7 Å². The summed E-state index contributed by atoms with van der Waals surface area (Å²) in [4.78, 5) is 14.0. The summed E-state index contributed by atoms with van der Waals surface area (Å²) in [6.07, 6.45) is 3.76. The number of halogens is 1. The Hall–Kier alpha value is -3.34. The molecule has 0 spiro atoms. The zero-order valence-electron chi connectivity index (χ0n) is 19.8. The van der Waals surface area contributed by atoms with Crippen molar-refractivity contribution in [2.24, 2.45) is 0 Å². The molecule has 0 fully saturated rings. The van der Waals surface area contributed by atoms with Gasteiger partial charge >= 0.3 is 5.97 Å². The van der Waals surface area contributed by atoms with Crippen molar-refractivity contribution in [3.8, 4) is 5.75 Å². The molecule has 3 aromatic rings. The molecular formula is C29H32FNO3. The average molecular weight is 462 g/mol. The molecule has 34 heavy (non-hydrogen) atoms. The van der Waals surface area contributed by atoms with Crippen molar-refractivity contribution >= 4 is 11.7 Å². The summed E-state index contributed by atoms with van der Waals surface area (Å²) in [6, 6.07) is 21.9. The highest BCUT2D eigenvalue weighted by atomic mass is 19.1. The monoisotopic (exact) mass is 461 g/mol. The number of nitrogens with zero attached hydrogens (tertiary/aromatic N) is 1. The van der Waals surface area contributed by atoms with Crippen LogP contribution in [0.3, 0.4) is 0 Å². The molecule has 0 aromatic heterocycles. The van der Waals surface area contributed by atoms with E-state index < -0.39 is 0 Å². The second-order valence-corrected chi connectivity index (χ2v) is 8.64. The second-order valence-electron chi connectivity index (χ2n) is 8.64. The number of anilines is 1. The smallest absolute Gasteiger partial charge is 0.306 e. The van der Waals surface area contributed by atoms with Gasteiger partial charge in [-0.15, -0.1) is 0 Å². The lowest BCUT2D eigenvalue weighted by Crippen LogP contribution is -2.31. The standard InChI is InChI=1S/C29H32FNO3/c1-2-33-29(32)15-13-24-12-14-26(20-27(24)30)34-21-23-10-11-25-9-6-17-31(28(25)19-23)18-16-22-7-4-3-5-8-22/h3-5,7-8,10-12,14,19-20H,2,6,9,13,15-18,21H2,1H3. The fourth-order valence-electron chi connectivity index (χ4n) is 4.38. The molecular weight excluding hydrogens is 429 g/mol. The minimum absolute atomic E-state index is 0.168. The van der Waals surface area contributed by atoms with Crippen LogP contribution in [0, 0.1) is 5.82 Å². The van der Waals surface area contributed by atoms with Gasteiger partial charge in [0.15, 0.2) is 0 Å². The lowest BCUT2D eigenvalue weighted by atomic mass is 9.99. The molecule has 3 aromatic carbocycles. The van der Waals surface area contributed by atoms with Crippen LogP contribution in [0.4, 0.5) is 10.1 Å². The molecule has 0 bridgehead atoms. The molecule has 1 aliphatic heterocycles. The summed E-state index contributed by atoms with van der Waals surface area (Å²) in [7, 11) is 0. The Balaban J connectivity index is 1.36. The van der Waals surface area contributed by atoms with Gasteiger partial charge < -0.3 is 14.4 Å². The number of aryl methyl sites for hydroxylation is 2. The molecule has 1 heterocycles. The maximum absolute atomic E-state index is 14.5. The average Bonchev–Trinajstić information content (AvgIpc) is 2.86. The Kier molecular flexibility index (Phi) is 8.18. The van der Waals surface area contributed by atoms with E-state index in [1.807, 2.05) is 0 Å². The molecule has 0 saturated heterocycles. The first-order valence-electron chi connectivity index (χ1n) is 12.1.